The quantitative estimate of drug-likeness (QED) is 0.892. The van der Waals surface area contributed by atoms with E-state index in [1.807, 2.05) is 26.0 Å². The van der Waals surface area contributed by atoms with Gasteiger partial charge in [0.25, 0.3) is 5.91 Å². The highest BCUT2D eigenvalue weighted by molar-refractivity contribution is 9.10. The Balaban J connectivity index is 2.25. The van der Waals surface area contributed by atoms with E-state index in [0.29, 0.717) is 17.1 Å². The lowest BCUT2D eigenvalue weighted by Gasteiger charge is -2.09. The van der Waals surface area contributed by atoms with Crippen LogP contribution in [0.3, 0.4) is 0 Å². The van der Waals surface area contributed by atoms with Crippen molar-refractivity contribution < 1.29 is 4.79 Å². The molecular formula is C14H14BrN3O. The molecular weight excluding hydrogens is 306 g/mol. The number of carbonyl (C=O) groups is 1. The van der Waals surface area contributed by atoms with Crippen molar-refractivity contribution in [2.24, 2.45) is 0 Å². The molecule has 0 saturated heterocycles. The minimum Gasteiger partial charge on any atom is -0.397 e. The fourth-order valence-electron chi connectivity index (χ4n) is 1.71. The Morgan fingerprint density at radius 2 is 2.05 bits per heavy atom. The van der Waals surface area contributed by atoms with Gasteiger partial charge in [0, 0.05) is 4.47 Å². The Hall–Kier alpha value is -1.88. The molecule has 0 radical (unpaired) electrons. The van der Waals surface area contributed by atoms with Crippen molar-refractivity contribution in [3.8, 4) is 0 Å². The van der Waals surface area contributed by atoms with Gasteiger partial charge in [-0.05, 0) is 59.1 Å². The Morgan fingerprint density at radius 1 is 1.32 bits per heavy atom. The lowest BCUT2D eigenvalue weighted by Crippen LogP contribution is -2.14. The molecule has 0 saturated carbocycles. The van der Waals surface area contributed by atoms with E-state index in [0.717, 1.165) is 15.6 Å². The van der Waals surface area contributed by atoms with Crippen molar-refractivity contribution in [3.63, 3.8) is 0 Å². The van der Waals surface area contributed by atoms with Gasteiger partial charge in [0.15, 0.2) is 0 Å². The van der Waals surface area contributed by atoms with Crippen molar-refractivity contribution in [1.29, 1.82) is 0 Å². The monoisotopic (exact) mass is 319 g/mol. The smallest absolute Gasteiger partial charge is 0.257 e. The van der Waals surface area contributed by atoms with Crippen LogP contribution in [0.1, 0.15) is 21.5 Å². The average Bonchev–Trinajstić information content (AvgIpc) is 2.32. The molecule has 2 rings (SSSR count). The van der Waals surface area contributed by atoms with Gasteiger partial charge in [-0.25, -0.2) is 4.98 Å². The highest BCUT2D eigenvalue weighted by atomic mass is 79.9. The minimum absolute atomic E-state index is 0.202. The number of benzene rings is 1. The van der Waals surface area contributed by atoms with Crippen LogP contribution in [0.15, 0.2) is 34.9 Å². The predicted octanol–water partition coefficient (Wildman–Crippen LogP) is 3.30. The molecule has 4 nitrogen and oxygen atoms in total. The number of aromatic nitrogens is 1. The summed E-state index contributed by atoms with van der Waals surface area (Å²) >= 11 is 3.39. The standard InChI is InChI=1S/C14H14BrN3O/c1-8-3-4-11(12(15)5-8)14(19)18-13-9(2)6-10(16)7-17-13/h3-7H,16H2,1-2H3,(H,17,18,19). The van der Waals surface area contributed by atoms with E-state index >= 15 is 0 Å². The highest BCUT2D eigenvalue weighted by Gasteiger charge is 2.12. The summed E-state index contributed by atoms with van der Waals surface area (Å²) in [4.78, 5) is 16.3. The Kier molecular flexibility index (Phi) is 3.85. The number of hydrogen-bond acceptors (Lipinski definition) is 3. The number of nitrogens with one attached hydrogen (secondary N) is 1. The lowest BCUT2D eigenvalue weighted by molar-refractivity contribution is 0.102. The van der Waals surface area contributed by atoms with Crippen LogP contribution in [-0.2, 0) is 0 Å². The van der Waals surface area contributed by atoms with Gasteiger partial charge in [0.2, 0.25) is 0 Å². The molecule has 98 valence electrons. The zero-order chi connectivity index (χ0) is 14.0. The second-order valence-corrected chi connectivity index (χ2v) is 5.23. The number of hydrogen-bond donors (Lipinski definition) is 2. The number of nitrogens with zero attached hydrogens (tertiary/aromatic N) is 1. The summed E-state index contributed by atoms with van der Waals surface area (Å²) in [5.74, 6) is 0.318. The van der Waals surface area contributed by atoms with E-state index in [2.05, 4.69) is 26.2 Å². The van der Waals surface area contributed by atoms with Crippen molar-refractivity contribution >= 4 is 33.3 Å². The molecule has 3 N–H and O–H groups in total. The maximum Gasteiger partial charge on any atom is 0.257 e. The molecule has 1 aromatic carbocycles. The first kappa shape index (κ1) is 13.5. The van der Waals surface area contributed by atoms with E-state index in [1.165, 1.54) is 6.20 Å². The third-order valence-electron chi connectivity index (χ3n) is 2.70. The van der Waals surface area contributed by atoms with Crippen molar-refractivity contribution in [2.45, 2.75) is 13.8 Å². The van der Waals surface area contributed by atoms with Gasteiger partial charge >= 0.3 is 0 Å². The zero-order valence-electron chi connectivity index (χ0n) is 10.7. The molecule has 0 aliphatic carbocycles. The molecule has 0 aliphatic heterocycles. The van der Waals surface area contributed by atoms with Crippen LogP contribution in [0.2, 0.25) is 0 Å². The number of carbonyl (C=O) groups excluding carboxylic acids is 1. The summed E-state index contributed by atoms with van der Waals surface area (Å²) in [5.41, 5.74) is 8.69. The van der Waals surface area contributed by atoms with Crippen LogP contribution >= 0.6 is 15.9 Å². The summed E-state index contributed by atoms with van der Waals surface area (Å²) in [6.07, 6.45) is 1.52. The maximum absolute atomic E-state index is 12.2. The molecule has 1 amide bonds. The number of amides is 1. The fourth-order valence-corrected chi connectivity index (χ4v) is 2.38. The second-order valence-electron chi connectivity index (χ2n) is 4.37. The van der Waals surface area contributed by atoms with E-state index in [1.54, 1.807) is 12.1 Å². The highest BCUT2D eigenvalue weighted by Crippen LogP contribution is 2.21. The molecule has 0 spiro atoms. The third kappa shape index (κ3) is 3.12. The van der Waals surface area contributed by atoms with Gasteiger partial charge in [-0.15, -0.1) is 0 Å². The predicted molar refractivity (Wildman–Crippen MR) is 80.2 cm³/mol. The zero-order valence-corrected chi connectivity index (χ0v) is 12.3. The Morgan fingerprint density at radius 3 is 2.68 bits per heavy atom. The number of rotatable bonds is 2. The van der Waals surface area contributed by atoms with Crippen molar-refractivity contribution in [3.05, 3.63) is 51.6 Å². The van der Waals surface area contributed by atoms with E-state index < -0.39 is 0 Å². The van der Waals surface area contributed by atoms with Crippen molar-refractivity contribution in [1.82, 2.24) is 4.98 Å². The molecule has 0 bridgehead atoms. The normalized spacial score (nSPS) is 10.3. The van der Waals surface area contributed by atoms with Crippen molar-refractivity contribution in [2.75, 3.05) is 11.1 Å². The summed E-state index contributed by atoms with van der Waals surface area (Å²) in [6, 6.07) is 7.34. The Labute approximate surface area is 120 Å². The first-order valence-corrected chi connectivity index (χ1v) is 6.56. The SMILES string of the molecule is Cc1ccc(C(=O)Nc2ncc(N)cc2C)c(Br)c1. The molecule has 1 aromatic heterocycles. The number of nitrogens with two attached hydrogens (primary N) is 1. The maximum atomic E-state index is 12.2. The van der Waals surface area contributed by atoms with Gasteiger partial charge in [-0.3, -0.25) is 4.79 Å². The summed E-state index contributed by atoms with van der Waals surface area (Å²) in [6.45, 7) is 3.82. The number of halogens is 1. The number of aryl methyl sites for hydroxylation is 2. The van der Waals surface area contributed by atoms with Gasteiger partial charge in [-0.1, -0.05) is 6.07 Å². The molecule has 5 heteroatoms. The summed E-state index contributed by atoms with van der Waals surface area (Å²) in [5, 5.41) is 2.78. The number of nitrogen functional groups attached to an aromatic ring is 1. The van der Waals surface area contributed by atoms with Crippen LogP contribution in [0.25, 0.3) is 0 Å². The third-order valence-corrected chi connectivity index (χ3v) is 3.36. The molecule has 0 atom stereocenters. The van der Waals surface area contributed by atoms with E-state index in [-0.39, 0.29) is 5.91 Å². The second kappa shape index (κ2) is 5.40. The minimum atomic E-state index is -0.202. The first-order valence-electron chi connectivity index (χ1n) is 5.77. The van der Waals surface area contributed by atoms with Crippen LogP contribution in [0.4, 0.5) is 11.5 Å². The molecule has 19 heavy (non-hydrogen) atoms. The topological polar surface area (TPSA) is 68.0 Å². The van der Waals surface area contributed by atoms with E-state index in [9.17, 15) is 4.79 Å². The average molecular weight is 320 g/mol. The fraction of sp³-hybridized carbons (Fsp3) is 0.143. The van der Waals surface area contributed by atoms with Crippen LogP contribution in [-0.4, -0.2) is 10.9 Å². The molecule has 0 fully saturated rings. The molecule has 1 heterocycles. The van der Waals surface area contributed by atoms with Crippen LogP contribution < -0.4 is 11.1 Å². The summed E-state index contributed by atoms with van der Waals surface area (Å²) < 4.78 is 0.762. The largest absolute Gasteiger partial charge is 0.397 e. The van der Waals surface area contributed by atoms with Gasteiger partial charge < -0.3 is 11.1 Å². The molecule has 0 aliphatic rings. The summed E-state index contributed by atoms with van der Waals surface area (Å²) in [7, 11) is 0. The molecule has 2 aromatic rings. The lowest BCUT2D eigenvalue weighted by atomic mass is 10.1. The number of anilines is 2. The van der Waals surface area contributed by atoms with Crippen LogP contribution in [0, 0.1) is 13.8 Å². The van der Waals surface area contributed by atoms with Crippen LogP contribution in [0.5, 0.6) is 0 Å². The Bertz CT molecular complexity index is 641. The van der Waals surface area contributed by atoms with E-state index in [4.69, 9.17) is 5.73 Å². The number of pyridine rings is 1. The van der Waals surface area contributed by atoms with Gasteiger partial charge in [0.05, 0.1) is 17.4 Å². The van der Waals surface area contributed by atoms with Gasteiger partial charge in [-0.2, -0.15) is 0 Å². The molecule has 0 unspecified atom stereocenters. The first-order chi connectivity index (χ1) is 8.97. The van der Waals surface area contributed by atoms with Gasteiger partial charge in [0.1, 0.15) is 5.82 Å².